The van der Waals surface area contributed by atoms with Gasteiger partial charge in [0, 0.05) is 24.9 Å². The van der Waals surface area contributed by atoms with Gasteiger partial charge in [-0.2, -0.15) is 8.75 Å². The minimum Gasteiger partial charge on any atom is -0.369 e. The van der Waals surface area contributed by atoms with Crippen molar-refractivity contribution in [3.05, 3.63) is 65.1 Å². The van der Waals surface area contributed by atoms with Crippen molar-refractivity contribution in [2.24, 2.45) is 0 Å². The van der Waals surface area contributed by atoms with E-state index in [-0.39, 0.29) is 0 Å². The monoisotopic (exact) mass is 289 g/mol. The first-order valence-corrected chi connectivity index (χ1v) is 7.08. The molecule has 2 aromatic rings. The molecular weight excluding hydrogens is 278 g/mol. The maximum absolute atomic E-state index is 6.02. The maximum atomic E-state index is 6.02. The second-order valence-corrected chi connectivity index (χ2v) is 5.19. The number of halogens is 1. The molecule has 0 saturated carbocycles. The number of allylic oxidation sites excluding steroid dienone is 2. The summed E-state index contributed by atoms with van der Waals surface area (Å²) in [5.41, 5.74) is 3.07. The largest absolute Gasteiger partial charge is 0.369 e. The molecule has 0 amide bonds. The fraction of sp³-hybridized carbons (Fsp3) is 0.143. The van der Waals surface area contributed by atoms with Gasteiger partial charge >= 0.3 is 0 Å². The molecule has 0 spiro atoms. The van der Waals surface area contributed by atoms with Crippen LogP contribution in [-0.2, 0) is 6.54 Å². The number of benzene rings is 1. The highest BCUT2D eigenvalue weighted by Gasteiger charge is 2.13. The SMILES string of the molecule is Clc1nsnc1C1=CN(Cc2ccccc2)CC=C1. The number of rotatable bonds is 3. The van der Waals surface area contributed by atoms with Crippen molar-refractivity contribution in [3.63, 3.8) is 0 Å². The van der Waals surface area contributed by atoms with Gasteiger partial charge in [-0.25, -0.2) is 0 Å². The fourth-order valence-electron chi connectivity index (χ4n) is 2.03. The molecule has 2 heterocycles. The fourth-order valence-corrected chi connectivity index (χ4v) is 2.79. The van der Waals surface area contributed by atoms with Crippen LogP contribution in [0.1, 0.15) is 11.3 Å². The summed E-state index contributed by atoms with van der Waals surface area (Å²) >= 11 is 7.16. The molecule has 3 nitrogen and oxygen atoms in total. The number of aromatic nitrogens is 2. The summed E-state index contributed by atoms with van der Waals surface area (Å²) in [7, 11) is 0. The summed E-state index contributed by atoms with van der Waals surface area (Å²) in [6.07, 6.45) is 6.26. The molecule has 0 saturated heterocycles. The molecule has 0 unspecified atom stereocenters. The Morgan fingerprint density at radius 3 is 2.79 bits per heavy atom. The van der Waals surface area contributed by atoms with E-state index in [4.69, 9.17) is 11.6 Å². The van der Waals surface area contributed by atoms with E-state index in [0.29, 0.717) is 5.15 Å². The zero-order valence-electron chi connectivity index (χ0n) is 10.2. The van der Waals surface area contributed by atoms with E-state index in [9.17, 15) is 0 Å². The predicted molar refractivity (Wildman–Crippen MR) is 78.9 cm³/mol. The van der Waals surface area contributed by atoms with Crippen molar-refractivity contribution in [1.29, 1.82) is 0 Å². The third kappa shape index (κ3) is 2.85. The van der Waals surface area contributed by atoms with Crippen molar-refractivity contribution in [2.75, 3.05) is 6.54 Å². The molecule has 0 fully saturated rings. The van der Waals surface area contributed by atoms with E-state index in [2.05, 4.69) is 50.2 Å². The van der Waals surface area contributed by atoms with Crippen LogP contribution in [-0.4, -0.2) is 20.2 Å². The summed E-state index contributed by atoms with van der Waals surface area (Å²) in [5.74, 6) is 0. The van der Waals surface area contributed by atoms with Crippen LogP contribution in [0.15, 0.2) is 48.7 Å². The average molecular weight is 290 g/mol. The molecule has 0 bridgehead atoms. The molecule has 1 aromatic carbocycles. The van der Waals surface area contributed by atoms with Crippen LogP contribution in [0.5, 0.6) is 0 Å². The summed E-state index contributed by atoms with van der Waals surface area (Å²) < 4.78 is 8.24. The van der Waals surface area contributed by atoms with E-state index >= 15 is 0 Å². The summed E-state index contributed by atoms with van der Waals surface area (Å²) in [4.78, 5) is 2.24. The van der Waals surface area contributed by atoms with Gasteiger partial charge in [-0.05, 0) is 5.56 Å². The van der Waals surface area contributed by atoms with E-state index in [1.54, 1.807) is 0 Å². The Balaban J connectivity index is 1.80. The van der Waals surface area contributed by atoms with Crippen molar-refractivity contribution in [3.8, 4) is 0 Å². The zero-order chi connectivity index (χ0) is 13.1. The lowest BCUT2D eigenvalue weighted by Crippen LogP contribution is -2.19. The van der Waals surface area contributed by atoms with Gasteiger partial charge in [0.25, 0.3) is 0 Å². The van der Waals surface area contributed by atoms with Crippen molar-refractivity contribution in [2.45, 2.75) is 6.54 Å². The Morgan fingerprint density at radius 1 is 1.21 bits per heavy atom. The Bertz CT molecular complexity index is 619. The highest BCUT2D eigenvalue weighted by molar-refractivity contribution is 6.99. The molecular formula is C14H12ClN3S. The minimum atomic E-state index is 0.475. The summed E-state index contributed by atoms with van der Waals surface area (Å²) in [6.45, 7) is 1.78. The lowest BCUT2D eigenvalue weighted by molar-refractivity contribution is 0.407. The Kier molecular flexibility index (Phi) is 3.62. The standard InChI is InChI=1S/C14H12ClN3S/c15-14-13(16-19-17-14)12-7-4-8-18(10-12)9-11-5-2-1-3-6-11/h1-7,10H,8-9H2. The average Bonchev–Trinajstić information content (AvgIpc) is 2.86. The quantitative estimate of drug-likeness (QED) is 0.864. The molecule has 1 aliphatic rings. The first kappa shape index (κ1) is 12.4. The first-order valence-electron chi connectivity index (χ1n) is 5.98. The van der Waals surface area contributed by atoms with Crippen LogP contribution in [0.25, 0.3) is 5.57 Å². The van der Waals surface area contributed by atoms with E-state index in [1.165, 1.54) is 5.56 Å². The first-order chi connectivity index (χ1) is 9.33. The Hall–Kier alpha value is -1.65. The number of hydrogen-bond donors (Lipinski definition) is 0. The van der Waals surface area contributed by atoms with Crippen molar-refractivity contribution < 1.29 is 0 Å². The summed E-state index contributed by atoms with van der Waals surface area (Å²) in [6, 6.07) is 10.4. The van der Waals surface area contributed by atoms with Crippen LogP contribution < -0.4 is 0 Å². The molecule has 5 heteroatoms. The Labute approximate surface area is 121 Å². The molecule has 1 aliphatic heterocycles. The van der Waals surface area contributed by atoms with Crippen LogP contribution in [0.3, 0.4) is 0 Å². The second kappa shape index (κ2) is 5.55. The number of hydrogen-bond acceptors (Lipinski definition) is 4. The normalized spacial score (nSPS) is 14.6. The predicted octanol–water partition coefficient (Wildman–Crippen LogP) is 3.60. The topological polar surface area (TPSA) is 29.0 Å². The lowest BCUT2D eigenvalue weighted by Gasteiger charge is -2.22. The molecule has 0 N–H and O–H groups in total. The van der Waals surface area contributed by atoms with E-state index < -0.39 is 0 Å². The smallest absolute Gasteiger partial charge is 0.170 e. The molecule has 0 atom stereocenters. The third-order valence-corrected chi connectivity index (χ3v) is 3.80. The lowest BCUT2D eigenvalue weighted by atomic mass is 10.1. The Morgan fingerprint density at radius 2 is 2.05 bits per heavy atom. The van der Waals surface area contributed by atoms with Gasteiger partial charge in [-0.1, -0.05) is 54.1 Å². The summed E-state index contributed by atoms with van der Waals surface area (Å²) in [5, 5.41) is 0.475. The maximum Gasteiger partial charge on any atom is 0.170 e. The third-order valence-electron chi connectivity index (χ3n) is 2.91. The second-order valence-electron chi connectivity index (χ2n) is 4.31. The molecule has 96 valence electrons. The molecule has 3 rings (SSSR count). The minimum absolute atomic E-state index is 0.475. The highest BCUT2D eigenvalue weighted by atomic mass is 35.5. The zero-order valence-corrected chi connectivity index (χ0v) is 11.7. The van der Waals surface area contributed by atoms with Gasteiger partial charge in [0.2, 0.25) is 0 Å². The van der Waals surface area contributed by atoms with Gasteiger partial charge in [-0.15, -0.1) is 0 Å². The van der Waals surface area contributed by atoms with Crippen LogP contribution in [0.4, 0.5) is 0 Å². The molecule has 0 aliphatic carbocycles. The van der Waals surface area contributed by atoms with Crippen LogP contribution >= 0.6 is 23.3 Å². The van der Waals surface area contributed by atoms with Gasteiger partial charge in [0.05, 0.1) is 11.7 Å². The van der Waals surface area contributed by atoms with Gasteiger partial charge in [0.1, 0.15) is 5.69 Å². The molecule has 0 radical (unpaired) electrons. The van der Waals surface area contributed by atoms with E-state index in [0.717, 1.165) is 36.1 Å². The van der Waals surface area contributed by atoms with Gasteiger partial charge in [0.15, 0.2) is 5.15 Å². The van der Waals surface area contributed by atoms with Gasteiger partial charge in [-0.3, -0.25) is 0 Å². The van der Waals surface area contributed by atoms with E-state index in [1.807, 2.05) is 12.1 Å². The van der Waals surface area contributed by atoms with Crippen molar-refractivity contribution >= 4 is 28.9 Å². The van der Waals surface area contributed by atoms with Crippen LogP contribution in [0, 0.1) is 0 Å². The highest BCUT2D eigenvalue weighted by Crippen LogP contribution is 2.25. The van der Waals surface area contributed by atoms with Gasteiger partial charge < -0.3 is 4.90 Å². The number of nitrogens with zero attached hydrogens (tertiary/aromatic N) is 3. The van der Waals surface area contributed by atoms with Crippen molar-refractivity contribution in [1.82, 2.24) is 13.6 Å². The van der Waals surface area contributed by atoms with Crippen LogP contribution in [0.2, 0.25) is 5.15 Å². The molecule has 19 heavy (non-hydrogen) atoms. The molecule has 1 aromatic heterocycles.